The SMILES string of the molecule is COc1cccc(C=NNc2ccc(Cl)cc2)c1OCc1ccc(F)cc1. The van der Waals surface area contributed by atoms with Crippen LogP contribution < -0.4 is 14.9 Å². The van der Waals surface area contributed by atoms with Gasteiger partial charge in [-0.05, 0) is 54.1 Å². The number of hydrogen-bond donors (Lipinski definition) is 1. The summed E-state index contributed by atoms with van der Waals surface area (Å²) in [5.74, 6) is 0.871. The van der Waals surface area contributed by atoms with Crippen molar-refractivity contribution >= 4 is 23.5 Å². The van der Waals surface area contributed by atoms with Crippen LogP contribution in [0.25, 0.3) is 0 Å². The van der Waals surface area contributed by atoms with Gasteiger partial charge in [0.05, 0.1) is 19.0 Å². The van der Waals surface area contributed by atoms with E-state index in [0.717, 1.165) is 16.8 Å². The summed E-state index contributed by atoms with van der Waals surface area (Å²) in [4.78, 5) is 0. The van der Waals surface area contributed by atoms with Crippen molar-refractivity contribution in [1.82, 2.24) is 0 Å². The van der Waals surface area contributed by atoms with Crippen LogP contribution in [0.15, 0.2) is 71.8 Å². The van der Waals surface area contributed by atoms with Gasteiger partial charge in [-0.2, -0.15) is 5.10 Å². The van der Waals surface area contributed by atoms with E-state index in [9.17, 15) is 4.39 Å². The fraction of sp³-hybridized carbons (Fsp3) is 0.0952. The number of para-hydroxylation sites is 1. The van der Waals surface area contributed by atoms with Crippen molar-refractivity contribution in [2.75, 3.05) is 12.5 Å². The third-order valence-corrected chi connectivity index (χ3v) is 4.02. The number of anilines is 1. The monoisotopic (exact) mass is 384 g/mol. The molecule has 0 radical (unpaired) electrons. The van der Waals surface area contributed by atoms with E-state index in [1.807, 2.05) is 30.3 Å². The van der Waals surface area contributed by atoms with Crippen LogP contribution in [0.3, 0.4) is 0 Å². The van der Waals surface area contributed by atoms with Crippen molar-refractivity contribution in [2.24, 2.45) is 5.10 Å². The fourth-order valence-corrected chi connectivity index (χ4v) is 2.51. The van der Waals surface area contributed by atoms with Crippen LogP contribution in [-0.4, -0.2) is 13.3 Å². The Morgan fingerprint density at radius 2 is 1.78 bits per heavy atom. The molecule has 0 aromatic heterocycles. The lowest BCUT2D eigenvalue weighted by Crippen LogP contribution is -2.01. The fourth-order valence-electron chi connectivity index (χ4n) is 2.39. The lowest BCUT2D eigenvalue weighted by Gasteiger charge is -2.13. The molecule has 6 heteroatoms. The van der Waals surface area contributed by atoms with Crippen LogP contribution in [0, 0.1) is 5.82 Å². The number of hydrazone groups is 1. The minimum absolute atomic E-state index is 0.280. The molecule has 0 spiro atoms. The molecule has 0 amide bonds. The first kappa shape index (κ1) is 18.7. The minimum Gasteiger partial charge on any atom is -0.493 e. The van der Waals surface area contributed by atoms with E-state index in [0.29, 0.717) is 16.5 Å². The molecule has 3 aromatic rings. The average Bonchev–Trinajstić information content (AvgIpc) is 2.69. The normalized spacial score (nSPS) is 10.8. The maximum absolute atomic E-state index is 13.0. The highest BCUT2D eigenvalue weighted by molar-refractivity contribution is 6.30. The quantitative estimate of drug-likeness (QED) is 0.431. The number of methoxy groups -OCH3 is 1. The molecule has 3 aromatic carbocycles. The molecule has 0 heterocycles. The zero-order valence-corrected chi connectivity index (χ0v) is 15.4. The van der Waals surface area contributed by atoms with E-state index in [1.54, 1.807) is 37.6 Å². The van der Waals surface area contributed by atoms with Crippen LogP contribution in [-0.2, 0) is 6.61 Å². The second-order valence-electron chi connectivity index (χ2n) is 5.67. The van der Waals surface area contributed by atoms with Crippen LogP contribution in [0.4, 0.5) is 10.1 Å². The molecule has 0 aliphatic carbocycles. The highest BCUT2D eigenvalue weighted by Gasteiger charge is 2.10. The van der Waals surface area contributed by atoms with Gasteiger partial charge >= 0.3 is 0 Å². The molecule has 3 rings (SSSR count). The molecule has 0 bridgehead atoms. The number of hydrogen-bond acceptors (Lipinski definition) is 4. The van der Waals surface area contributed by atoms with Crippen molar-refractivity contribution in [3.05, 3.63) is 88.7 Å². The lowest BCUT2D eigenvalue weighted by molar-refractivity contribution is 0.284. The molecular weight excluding hydrogens is 367 g/mol. The molecule has 0 unspecified atom stereocenters. The molecule has 27 heavy (non-hydrogen) atoms. The van der Waals surface area contributed by atoms with Crippen LogP contribution in [0.1, 0.15) is 11.1 Å². The standard InChI is InChI=1S/C21H18ClFN2O2/c1-26-20-4-2-3-16(13-24-25-19-11-7-17(22)8-12-19)21(20)27-14-15-5-9-18(23)10-6-15/h2-13,25H,14H2,1H3. The van der Waals surface area contributed by atoms with Gasteiger partial charge in [0.15, 0.2) is 11.5 Å². The summed E-state index contributed by atoms with van der Waals surface area (Å²) in [6, 6.07) is 18.9. The highest BCUT2D eigenvalue weighted by Crippen LogP contribution is 2.31. The van der Waals surface area contributed by atoms with Gasteiger partial charge in [0, 0.05) is 10.6 Å². The van der Waals surface area contributed by atoms with E-state index in [2.05, 4.69) is 10.5 Å². The summed E-state index contributed by atoms with van der Waals surface area (Å²) >= 11 is 5.87. The number of halogens is 2. The van der Waals surface area contributed by atoms with Gasteiger partial charge in [0.25, 0.3) is 0 Å². The number of nitrogens with one attached hydrogen (secondary N) is 1. The van der Waals surface area contributed by atoms with Gasteiger partial charge in [-0.3, -0.25) is 5.43 Å². The Morgan fingerprint density at radius 3 is 2.48 bits per heavy atom. The van der Waals surface area contributed by atoms with E-state index in [1.165, 1.54) is 12.1 Å². The van der Waals surface area contributed by atoms with Crippen LogP contribution in [0.5, 0.6) is 11.5 Å². The Hall–Kier alpha value is -3.05. The topological polar surface area (TPSA) is 42.8 Å². The molecule has 0 aliphatic rings. The van der Waals surface area contributed by atoms with Crippen molar-refractivity contribution in [1.29, 1.82) is 0 Å². The smallest absolute Gasteiger partial charge is 0.170 e. The van der Waals surface area contributed by atoms with Gasteiger partial charge < -0.3 is 9.47 Å². The molecule has 1 N–H and O–H groups in total. The van der Waals surface area contributed by atoms with Gasteiger partial charge in [0.1, 0.15) is 12.4 Å². The van der Waals surface area contributed by atoms with Gasteiger partial charge in [-0.1, -0.05) is 29.8 Å². The second-order valence-corrected chi connectivity index (χ2v) is 6.11. The van der Waals surface area contributed by atoms with Crippen molar-refractivity contribution in [3.63, 3.8) is 0 Å². The van der Waals surface area contributed by atoms with E-state index >= 15 is 0 Å². The largest absolute Gasteiger partial charge is 0.493 e. The molecule has 0 saturated heterocycles. The van der Waals surface area contributed by atoms with Crippen molar-refractivity contribution in [3.8, 4) is 11.5 Å². The second kappa shape index (κ2) is 9.05. The molecule has 0 fully saturated rings. The van der Waals surface area contributed by atoms with E-state index in [-0.39, 0.29) is 12.4 Å². The first-order valence-electron chi connectivity index (χ1n) is 8.24. The predicted molar refractivity (Wildman–Crippen MR) is 106 cm³/mol. The lowest BCUT2D eigenvalue weighted by atomic mass is 10.2. The van der Waals surface area contributed by atoms with Crippen LogP contribution in [0.2, 0.25) is 5.02 Å². The summed E-state index contributed by atoms with van der Waals surface area (Å²) < 4.78 is 24.4. The van der Waals surface area contributed by atoms with Gasteiger partial charge in [-0.15, -0.1) is 0 Å². The first-order chi connectivity index (χ1) is 13.2. The van der Waals surface area contributed by atoms with E-state index in [4.69, 9.17) is 21.1 Å². The Bertz CT molecular complexity index is 912. The number of rotatable bonds is 7. The maximum atomic E-state index is 13.0. The molecule has 0 saturated carbocycles. The average molecular weight is 385 g/mol. The summed E-state index contributed by atoms with van der Waals surface area (Å²) in [7, 11) is 1.58. The molecule has 4 nitrogen and oxygen atoms in total. The summed E-state index contributed by atoms with van der Waals surface area (Å²) in [5, 5.41) is 4.90. The Kier molecular flexibility index (Phi) is 6.28. The number of ether oxygens (including phenoxy) is 2. The van der Waals surface area contributed by atoms with E-state index < -0.39 is 0 Å². The van der Waals surface area contributed by atoms with Crippen molar-refractivity contribution in [2.45, 2.75) is 6.61 Å². The van der Waals surface area contributed by atoms with Gasteiger partial charge in [0.2, 0.25) is 0 Å². The number of benzene rings is 3. The zero-order valence-electron chi connectivity index (χ0n) is 14.7. The summed E-state index contributed by atoms with van der Waals surface area (Å²) in [5.41, 5.74) is 5.35. The summed E-state index contributed by atoms with van der Waals surface area (Å²) in [6.07, 6.45) is 1.65. The molecule has 0 aliphatic heterocycles. The molecular formula is C21H18ClFN2O2. The third kappa shape index (κ3) is 5.21. The van der Waals surface area contributed by atoms with Crippen LogP contribution >= 0.6 is 11.6 Å². The maximum Gasteiger partial charge on any atom is 0.170 e. The predicted octanol–water partition coefficient (Wildman–Crippen LogP) is 5.51. The first-order valence-corrected chi connectivity index (χ1v) is 8.62. The van der Waals surface area contributed by atoms with Crippen molar-refractivity contribution < 1.29 is 13.9 Å². The number of nitrogens with zero attached hydrogens (tertiary/aromatic N) is 1. The highest BCUT2D eigenvalue weighted by atomic mass is 35.5. The van der Waals surface area contributed by atoms with Gasteiger partial charge in [-0.25, -0.2) is 4.39 Å². The Balaban J connectivity index is 1.75. The third-order valence-electron chi connectivity index (χ3n) is 3.77. The minimum atomic E-state index is -0.280. The summed E-state index contributed by atoms with van der Waals surface area (Å²) in [6.45, 7) is 0.284. The Labute approximate surface area is 162 Å². The zero-order chi connectivity index (χ0) is 19.1. The molecule has 138 valence electrons. The molecule has 0 atom stereocenters. The Morgan fingerprint density at radius 1 is 1.04 bits per heavy atom.